The third kappa shape index (κ3) is 4.43. The van der Waals surface area contributed by atoms with Crippen molar-refractivity contribution < 1.29 is 13.2 Å². The molecule has 0 atom stereocenters. The molecule has 1 amide bonds. The lowest BCUT2D eigenvalue weighted by Gasteiger charge is -2.14. The van der Waals surface area contributed by atoms with Gasteiger partial charge in [0.25, 0.3) is 5.56 Å². The molecule has 30 heavy (non-hydrogen) atoms. The van der Waals surface area contributed by atoms with Gasteiger partial charge in [0.2, 0.25) is 15.9 Å². The molecule has 1 heterocycles. The van der Waals surface area contributed by atoms with Crippen molar-refractivity contribution in [3.05, 3.63) is 68.9 Å². The quantitative estimate of drug-likeness (QED) is 0.614. The second kappa shape index (κ2) is 8.15. The molecule has 1 aromatic heterocycles. The van der Waals surface area contributed by atoms with Gasteiger partial charge >= 0.3 is 5.69 Å². The zero-order valence-electron chi connectivity index (χ0n) is 16.8. The fraction of sp³-hybridized carbons (Fsp3) is 0.250. The monoisotopic (exact) mass is 430 g/mol. The maximum absolute atomic E-state index is 12.7. The van der Waals surface area contributed by atoms with Crippen LogP contribution >= 0.6 is 0 Å². The topological polar surface area (TPSA) is 119 Å². The van der Waals surface area contributed by atoms with Gasteiger partial charge in [0.15, 0.2) is 0 Å². The number of amides is 1. The number of nitrogens with zero attached hydrogens (tertiary/aromatic N) is 2. The number of aromatic nitrogens is 2. The first-order valence-electron chi connectivity index (χ1n) is 9.21. The minimum atomic E-state index is -3.48. The molecule has 2 N–H and O–H groups in total. The summed E-state index contributed by atoms with van der Waals surface area (Å²) in [7, 11) is -3.48. The summed E-state index contributed by atoms with van der Waals surface area (Å²) in [6.07, 6.45) is 1.04. The standard InChI is InChI=1S/C20H22N4O5S/c1-4-23-19(26)15-7-5-6-8-17(15)24(20(23)27)12-18(25)21-14-10-9-13(2)16(11-14)22-30(3,28)29/h5-11,22H,4,12H2,1-3H3,(H,21,25). The molecule has 2 aromatic carbocycles. The summed E-state index contributed by atoms with van der Waals surface area (Å²) in [4.78, 5) is 37.9. The van der Waals surface area contributed by atoms with Crippen LogP contribution in [0.5, 0.6) is 0 Å². The predicted octanol–water partition coefficient (Wildman–Crippen LogP) is 1.50. The molecule has 0 radical (unpaired) electrons. The minimum absolute atomic E-state index is 0.183. The number of hydrogen-bond acceptors (Lipinski definition) is 5. The zero-order chi connectivity index (χ0) is 22.1. The van der Waals surface area contributed by atoms with Gasteiger partial charge in [-0.2, -0.15) is 0 Å². The van der Waals surface area contributed by atoms with E-state index in [1.807, 2.05) is 0 Å². The molecule has 158 valence electrons. The fourth-order valence-corrected chi connectivity index (χ4v) is 3.78. The highest BCUT2D eigenvalue weighted by atomic mass is 32.2. The van der Waals surface area contributed by atoms with Crippen molar-refractivity contribution in [2.24, 2.45) is 0 Å². The Labute approximate surface area is 173 Å². The Morgan fingerprint density at radius 1 is 1.07 bits per heavy atom. The van der Waals surface area contributed by atoms with Gasteiger partial charge < -0.3 is 5.32 Å². The van der Waals surface area contributed by atoms with E-state index >= 15 is 0 Å². The van der Waals surface area contributed by atoms with Crippen molar-refractivity contribution in [3.8, 4) is 0 Å². The van der Waals surface area contributed by atoms with Gasteiger partial charge in [0.05, 0.1) is 22.8 Å². The van der Waals surface area contributed by atoms with Gasteiger partial charge in [-0.3, -0.25) is 23.4 Å². The average Bonchev–Trinajstić information content (AvgIpc) is 2.67. The molecule has 0 spiro atoms. The summed E-state index contributed by atoms with van der Waals surface area (Å²) < 4.78 is 27.7. The van der Waals surface area contributed by atoms with Crippen molar-refractivity contribution in [2.75, 3.05) is 16.3 Å². The number of carbonyl (C=O) groups is 1. The molecule has 0 saturated carbocycles. The number of para-hydroxylation sites is 1. The third-order valence-corrected chi connectivity index (χ3v) is 5.16. The van der Waals surface area contributed by atoms with Crippen LogP contribution in [0.4, 0.5) is 11.4 Å². The number of aryl methyl sites for hydroxylation is 1. The Hall–Kier alpha value is -3.40. The van der Waals surface area contributed by atoms with Crippen LogP contribution in [-0.4, -0.2) is 29.7 Å². The summed E-state index contributed by atoms with van der Waals surface area (Å²) in [5.41, 5.74) is 0.811. The number of sulfonamides is 1. The van der Waals surface area contributed by atoms with Crippen molar-refractivity contribution in [3.63, 3.8) is 0 Å². The van der Waals surface area contributed by atoms with E-state index in [-0.39, 0.29) is 13.1 Å². The van der Waals surface area contributed by atoms with Gasteiger partial charge in [0, 0.05) is 12.2 Å². The van der Waals surface area contributed by atoms with Gasteiger partial charge in [-0.05, 0) is 43.7 Å². The molecule has 3 rings (SSSR count). The van der Waals surface area contributed by atoms with Crippen LogP contribution in [0, 0.1) is 6.92 Å². The highest BCUT2D eigenvalue weighted by Crippen LogP contribution is 2.21. The fourth-order valence-electron chi connectivity index (χ4n) is 3.16. The summed E-state index contributed by atoms with van der Waals surface area (Å²) in [6, 6.07) is 11.4. The Balaban J connectivity index is 1.95. The van der Waals surface area contributed by atoms with Gasteiger partial charge in [-0.25, -0.2) is 13.2 Å². The number of nitrogens with one attached hydrogen (secondary N) is 2. The van der Waals surface area contributed by atoms with Gasteiger partial charge in [-0.1, -0.05) is 18.2 Å². The summed E-state index contributed by atoms with van der Waals surface area (Å²) in [5.74, 6) is -0.488. The summed E-state index contributed by atoms with van der Waals surface area (Å²) >= 11 is 0. The van der Waals surface area contributed by atoms with E-state index in [0.717, 1.165) is 10.8 Å². The zero-order valence-corrected chi connectivity index (χ0v) is 17.6. The summed E-state index contributed by atoms with van der Waals surface area (Å²) in [5, 5.41) is 3.02. The SMILES string of the molecule is CCn1c(=O)c2ccccc2n(CC(=O)Nc2ccc(C)c(NS(C)(=O)=O)c2)c1=O. The minimum Gasteiger partial charge on any atom is -0.324 e. The maximum atomic E-state index is 12.7. The van der Waals surface area contributed by atoms with Crippen LogP contribution in [-0.2, 0) is 27.9 Å². The molecule has 0 aliphatic heterocycles. The number of carbonyl (C=O) groups excluding carboxylic acids is 1. The van der Waals surface area contributed by atoms with Crippen LogP contribution in [0.15, 0.2) is 52.1 Å². The van der Waals surface area contributed by atoms with E-state index < -0.39 is 27.2 Å². The van der Waals surface area contributed by atoms with Crippen molar-refractivity contribution in [1.82, 2.24) is 9.13 Å². The highest BCUT2D eigenvalue weighted by Gasteiger charge is 2.15. The van der Waals surface area contributed by atoms with E-state index in [4.69, 9.17) is 0 Å². The molecule has 0 saturated heterocycles. The van der Waals surface area contributed by atoms with Gasteiger partial charge in [-0.15, -0.1) is 0 Å². The Morgan fingerprint density at radius 2 is 1.77 bits per heavy atom. The lowest BCUT2D eigenvalue weighted by molar-refractivity contribution is -0.116. The first-order chi connectivity index (χ1) is 14.1. The molecule has 0 bridgehead atoms. The number of benzene rings is 2. The van der Waals surface area contributed by atoms with Crippen molar-refractivity contribution in [1.29, 1.82) is 0 Å². The van der Waals surface area contributed by atoms with E-state index in [2.05, 4.69) is 10.0 Å². The van der Waals surface area contributed by atoms with E-state index in [1.165, 1.54) is 10.6 Å². The van der Waals surface area contributed by atoms with Crippen LogP contribution in [0.25, 0.3) is 10.9 Å². The van der Waals surface area contributed by atoms with Crippen LogP contribution in [0.2, 0.25) is 0 Å². The van der Waals surface area contributed by atoms with Crippen molar-refractivity contribution >= 4 is 38.2 Å². The van der Waals surface area contributed by atoms with E-state index in [9.17, 15) is 22.8 Å². The number of rotatable bonds is 6. The van der Waals surface area contributed by atoms with Crippen molar-refractivity contribution in [2.45, 2.75) is 26.9 Å². The lowest BCUT2D eigenvalue weighted by Crippen LogP contribution is -2.41. The molecular formula is C20H22N4O5S. The first-order valence-corrected chi connectivity index (χ1v) is 11.1. The number of hydrogen-bond donors (Lipinski definition) is 2. The second-order valence-electron chi connectivity index (χ2n) is 6.89. The van der Waals surface area contributed by atoms with Crippen LogP contribution in [0.3, 0.4) is 0 Å². The molecule has 9 nitrogen and oxygen atoms in total. The molecule has 10 heteroatoms. The molecule has 0 fully saturated rings. The second-order valence-corrected chi connectivity index (χ2v) is 8.64. The normalized spacial score (nSPS) is 11.4. The maximum Gasteiger partial charge on any atom is 0.331 e. The predicted molar refractivity (Wildman–Crippen MR) is 116 cm³/mol. The Bertz CT molecular complexity index is 1360. The average molecular weight is 430 g/mol. The molecule has 0 aliphatic rings. The van der Waals surface area contributed by atoms with Gasteiger partial charge in [0.1, 0.15) is 6.54 Å². The molecule has 3 aromatic rings. The lowest BCUT2D eigenvalue weighted by atomic mass is 10.2. The number of fused-ring (bicyclic) bond motifs is 1. The van der Waals surface area contributed by atoms with Crippen LogP contribution < -0.4 is 21.3 Å². The molecular weight excluding hydrogens is 408 g/mol. The van der Waals surface area contributed by atoms with Crippen LogP contribution in [0.1, 0.15) is 12.5 Å². The Morgan fingerprint density at radius 3 is 2.43 bits per heavy atom. The molecule has 0 unspecified atom stereocenters. The highest BCUT2D eigenvalue weighted by molar-refractivity contribution is 7.92. The number of anilines is 2. The Kier molecular flexibility index (Phi) is 5.79. The van der Waals surface area contributed by atoms with E-state index in [1.54, 1.807) is 50.2 Å². The first kappa shape index (κ1) is 21.3. The smallest absolute Gasteiger partial charge is 0.324 e. The largest absolute Gasteiger partial charge is 0.331 e. The third-order valence-electron chi connectivity index (χ3n) is 4.57. The van der Waals surface area contributed by atoms with E-state index in [0.29, 0.717) is 27.8 Å². The molecule has 0 aliphatic carbocycles. The summed E-state index contributed by atoms with van der Waals surface area (Å²) in [6.45, 7) is 3.30.